The fourth-order valence-corrected chi connectivity index (χ4v) is 4.21. The summed E-state index contributed by atoms with van der Waals surface area (Å²) >= 11 is 6.24. The second kappa shape index (κ2) is 7.60. The largest absolute Gasteiger partial charge is 0.494 e. The molecular weight excluding hydrogens is 412 g/mol. The van der Waals surface area contributed by atoms with Gasteiger partial charge in [-0.25, -0.2) is 0 Å². The zero-order chi connectivity index (χ0) is 21.7. The van der Waals surface area contributed by atoms with Crippen LogP contribution in [0.15, 0.2) is 18.2 Å². The van der Waals surface area contributed by atoms with Crippen molar-refractivity contribution in [2.75, 3.05) is 5.75 Å². The van der Waals surface area contributed by atoms with Gasteiger partial charge in [0.15, 0.2) is 0 Å². The molecule has 1 aliphatic rings. The fourth-order valence-electron chi connectivity index (χ4n) is 2.71. The summed E-state index contributed by atoms with van der Waals surface area (Å²) in [4.78, 5) is 0. The summed E-state index contributed by atoms with van der Waals surface area (Å²) in [6.07, 6.45) is -4.56. The van der Waals surface area contributed by atoms with Crippen molar-refractivity contribution in [1.82, 2.24) is 0 Å². The predicted molar refractivity (Wildman–Crippen MR) is 109 cm³/mol. The van der Waals surface area contributed by atoms with Crippen molar-refractivity contribution in [3.05, 3.63) is 28.8 Å². The molecule has 2 atom stereocenters. The van der Waals surface area contributed by atoms with E-state index in [0.29, 0.717) is 5.46 Å². The molecule has 1 aliphatic heterocycles. The summed E-state index contributed by atoms with van der Waals surface area (Å²) < 4.78 is 64.6. The van der Waals surface area contributed by atoms with Gasteiger partial charge in [0, 0.05) is 26.3 Å². The quantitative estimate of drug-likeness (QED) is 0.632. The molecule has 1 fully saturated rings. The Hall–Kier alpha value is -0.565. The van der Waals surface area contributed by atoms with E-state index in [1.807, 2.05) is 27.7 Å². The molecule has 0 N–H and O–H groups in total. The Kier molecular flexibility index (Phi) is 6.44. The fraction of sp³-hybridized carbons (Fsp3) is 0.684. The number of rotatable bonds is 4. The topological polar surface area (TPSA) is 35.5 Å². The van der Waals surface area contributed by atoms with E-state index >= 15 is 0 Å². The molecule has 1 aromatic carbocycles. The highest BCUT2D eigenvalue weighted by molar-refractivity contribution is 7.86. The van der Waals surface area contributed by atoms with E-state index in [1.54, 1.807) is 20.8 Å². The molecule has 0 amide bonds. The average molecular weight is 439 g/mol. The lowest BCUT2D eigenvalue weighted by Crippen LogP contribution is -2.41. The summed E-state index contributed by atoms with van der Waals surface area (Å²) in [7, 11) is -2.40. The Morgan fingerprint density at radius 3 is 2.00 bits per heavy atom. The minimum Gasteiger partial charge on any atom is -0.399 e. The van der Waals surface area contributed by atoms with Gasteiger partial charge >= 0.3 is 13.3 Å². The molecule has 0 saturated carbocycles. The maximum absolute atomic E-state index is 13.7. The lowest BCUT2D eigenvalue weighted by atomic mass is 9.78. The van der Waals surface area contributed by atoms with Gasteiger partial charge in [-0.3, -0.25) is 4.21 Å². The van der Waals surface area contributed by atoms with Crippen LogP contribution >= 0.6 is 11.6 Å². The van der Waals surface area contributed by atoms with Gasteiger partial charge in [-0.1, -0.05) is 23.7 Å². The molecule has 0 aliphatic carbocycles. The van der Waals surface area contributed by atoms with Crippen molar-refractivity contribution in [2.45, 2.75) is 76.5 Å². The maximum Gasteiger partial charge on any atom is 0.494 e. The van der Waals surface area contributed by atoms with Gasteiger partial charge in [-0.05, 0) is 65.6 Å². The summed E-state index contributed by atoms with van der Waals surface area (Å²) in [5.41, 5.74) is -0.681. The van der Waals surface area contributed by atoms with E-state index < -0.39 is 51.7 Å². The molecule has 2 rings (SSSR count). The molecule has 1 aromatic rings. The third-order valence-electron chi connectivity index (χ3n) is 5.32. The zero-order valence-electron chi connectivity index (χ0n) is 17.2. The summed E-state index contributed by atoms with van der Waals surface area (Å²) in [6, 6.07) is 4.31. The lowest BCUT2D eigenvalue weighted by molar-refractivity contribution is -0.145. The van der Waals surface area contributed by atoms with E-state index in [-0.39, 0.29) is 10.6 Å². The van der Waals surface area contributed by atoms with Crippen molar-refractivity contribution in [3.63, 3.8) is 0 Å². The molecule has 0 spiro atoms. The van der Waals surface area contributed by atoms with E-state index in [4.69, 9.17) is 20.9 Å². The van der Waals surface area contributed by atoms with Crippen LogP contribution in [0.2, 0.25) is 5.02 Å². The van der Waals surface area contributed by atoms with E-state index in [1.165, 1.54) is 18.2 Å². The van der Waals surface area contributed by atoms with Crippen molar-refractivity contribution in [2.24, 2.45) is 0 Å². The second-order valence-electron chi connectivity index (χ2n) is 9.09. The number of alkyl halides is 3. The molecule has 3 nitrogen and oxygen atoms in total. The summed E-state index contributed by atoms with van der Waals surface area (Å²) in [5, 5.41) is -0.0413. The molecular formula is C19H27BClF3O3S. The van der Waals surface area contributed by atoms with Crippen LogP contribution in [-0.4, -0.2) is 39.2 Å². The Bertz CT molecular complexity index is 744. The lowest BCUT2D eigenvalue weighted by Gasteiger charge is -2.32. The van der Waals surface area contributed by atoms with Crippen LogP contribution in [0.25, 0.3) is 0 Å². The van der Waals surface area contributed by atoms with Gasteiger partial charge in [0.1, 0.15) is 0 Å². The number of halogens is 4. The Morgan fingerprint density at radius 2 is 1.61 bits per heavy atom. The van der Waals surface area contributed by atoms with Crippen LogP contribution in [-0.2, 0) is 20.1 Å². The van der Waals surface area contributed by atoms with Crippen LogP contribution in [0.5, 0.6) is 0 Å². The Morgan fingerprint density at radius 1 is 1.11 bits per heavy atom. The smallest absolute Gasteiger partial charge is 0.399 e. The van der Waals surface area contributed by atoms with Crippen molar-refractivity contribution in [3.8, 4) is 0 Å². The second-order valence-corrected chi connectivity index (χ2v) is 11.7. The van der Waals surface area contributed by atoms with Crippen LogP contribution in [0.3, 0.4) is 0 Å². The normalized spacial score (nSPS) is 21.6. The SMILES string of the molecule is CC(C)(C)[S@@](=O)C[C@@H](c1ccc(B2OC(C)(C)C(C)(C)O2)cc1Cl)C(F)(F)F. The third-order valence-corrected chi connectivity index (χ3v) is 7.65. The highest BCUT2D eigenvalue weighted by Crippen LogP contribution is 2.40. The number of hydrogen-bond donors (Lipinski definition) is 0. The van der Waals surface area contributed by atoms with Crippen LogP contribution in [0.1, 0.15) is 59.9 Å². The van der Waals surface area contributed by atoms with Crippen LogP contribution in [0, 0.1) is 0 Å². The minimum atomic E-state index is -4.56. The predicted octanol–water partition coefficient (Wildman–Crippen LogP) is 4.83. The van der Waals surface area contributed by atoms with E-state index in [9.17, 15) is 17.4 Å². The molecule has 0 radical (unpaired) electrons. The van der Waals surface area contributed by atoms with E-state index in [0.717, 1.165) is 0 Å². The first-order valence-electron chi connectivity index (χ1n) is 9.06. The molecule has 1 heterocycles. The zero-order valence-corrected chi connectivity index (χ0v) is 18.8. The average Bonchev–Trinajstić information content (AvgIpc) is 2.71. The maximum atomic E-state index is 13.7. The first-order valence-corrected chi connectivity index (χ1v) is 10.8. The molecule has 28 heavy (non-hydrogen) atoms. The van der Waals surface area contributed by atoms with Gasteiger partial charge in [-0.15, -0.1) is 0 Å². The summed E-state index contributed by atoms with van der Waals surface area (Å²) in [5.74, 6) is -2.45. The van der Waals surface area contributed by atoms with Gasteiger partial charge < -0.3 is 9.31 Å². The first-order chi connectivity index (χ1) is 12.5. The third kappa shape index (κ3) is 4.94. The highest BCUT2D eigenvalue weighted by Gasteiger charge is 2.52. The minimum absolute atomic E-state index is 0.0413. The monoisotopic (exact) mass is 438 g/mol. The molecule has 1 saturated heterocycles. The van der Waals surface area contributed by atoms with E-state index in [2.05, 4.69) is 0 Å². The molecule has 158 valence electrons. The first kappa shape index (κ1) is 23.7. The highest BCUT2D eigenvalue weighted by atomic mass is 35.5. The van der Waals surface area contributed by atoms with Gasteiger partial charge in [0.05, 0.1) is 17.1 Å². The standard InChI is InChI=1S/C19H27BClF3O3S/c1-16(2,3)28(25)11-14(19(22,23)24)13-9-8-12(10-15(13)21)20-26-17(4,5)18(6,7)27-20/h8-10,14H,11H2,1-7H3/t14-,28-/m0/s1. The Balaban J connectivity index is 2.35. The number of hydrogen-bond acceptors (Lipinski definition) is 3. The van der Waals surface area contributed by atoms with Crippen molar-refractivity contribution >= 4 is 35.0 Å². The van der Waals surface area contributed by atoms with Gasteiger partial charge in [-0.2, -0.15) is 13.2 Å². The van der Waals surface area contributed by atoms with Crippen LogP contribution in [0.4, 0.5) is 13.2 Å². The molecule has 0 aromatic heterocycles. The van der Waals surface area contributed by atoms with Crippen molar-refractivity contribution < 1.29 is 26.7 Å². The molecule has 9 heteroatoms. The summed E-state index contributed by atoms with van der Waals surface area (Å²) in [6.45, 7) is 12.5. The Labute approximate surface area is 172 Å². The molecule has 0 bridgehead atoms. The van der Waals surface area contributed by atoms with Crippen molar-refractivity contribution in [1.29, 1.82) is 0 Å². The molecule has 0 unspecified atom stereocenters. The number of benzene rings is 1. The van der Waals surface area contributed by atoms with Gasteiger partial charge in [0.25, 0.3) is 0 Å². The van der Waals surface area contributed by atoms with Crippen LogP contribution < -0.4 is 5.46 Å². The van der Waals surface area contributed by atoms with Gasteiger partial charge in [0.2, 0.25) is 0 Å².